The van der Waals surface area contributed by atoms with Crippen LogP contribution in [0.1, 0.15) is 30.9 Å². The average Bonchev–Trinajstić information content (AvgIpc) is 2.17. The number of fused-ring (bicyclic) bond motifs is 1. The lowest BCUT2D eigenvalue weighted by molar-refractivity contribution is -0.143. The number of hydrogen-bond acceptors (Lipinski definition) is 1. The molecule has 0 fully saturated rings. The SMILES string of the molecule is CC1(C(=O)O)CCCc2cccc(F)c21. The molecule has 0 saturated carbocycles. The molecule has 1 unspecified atom stereocenters. The molecule has 0 spiro atoms. The Labute approximate surface area is 87.7 Å². The molecule has 1 aromatic carbocycles. The quantitative estimate of drug-likeness (QED) is 0.769. The maximum Gasteiger partial charge on any atom is 0.313 e. The summed E-state index contributed by atoms with van der Waals surface area (Å²) in [6.45, 7) is 1.61. The van der Waals surface area contributed by atoms with Gasteiger partial charge in [-0.25, -0.2) is 4.39 Å². The molecular weight excluding hydrogens is 195 g/mol. The molecule has 80 valence electrons. The lowest BCUT2D eigenvalue weighted by atomic mass is 9.71. The van der Waals surface area contributed by atoms with E-state index in [4.69, 9.17) is 0 Å². The first-order valence-electron chi connectivity index (χ1n) is 5.07. The molecule has 0 aliphatic heterocycles. The van der Waals surface area contributed by atoms with Crippen LogP contribution < -0.4 is 0 Å². The van der Waals surface area contributed by atoms with Crippen LogP contribution in [0.4, 0.5) is 4.39 Å². The van der Waals surface area contributed by atoms with E-state index in [-0.39, 0.29) is 0 Å². The fraction of sp³-hybridized carbons (Fsp3) is 0.417. The second kappa shape index (κ2) is 3.33. The van der Waals surface area contributed by atoms with Crippen LogP contribution in [0.3, 0.4) is 0 Å². The summed E-state index contributed by atoms with van der Waals surface area (Å²) in [6.07, 6.45) is 2.09. The van der Waals surface area contributed by atoms with Crippen LogP contribution in [0.25, 0.3) is 0 Å². The summed E-state index contributed by atoms with van der Waals surface area (Å²) in [5, 5.41) is 9.20. The number of rotatable bonds is 1. The molecule has 3 heteroatoms. The lowest BCUT2D eigenvalue weighted by Gasteiger charge is -2.32. The van der Waals surface area contributed by atoms with Crippen molar-refractivity contribution in [1.82, 2.24) is 0 Å². The Morgan fingerprint density at radius 1 is 1.53 bits per heavy atom. The van der Waals surface area contributed by atoms with Crippen LogP contribution in [-0.4, -0.2) is 11.1 Å². The van der Waals surface area contributed by atoms with E-state index in [2.05, 4.69) is 0 Å². The Bertz CT molecular complexity index is 414. The zero-order valence-electron chi connectivity index (χ0n) is 8.59. The van der Waals surface area contributed by atoms with Gasteiger partial charge in [0.1, 0.15) is 5.82 Å². The highest BCUT2D eigenvalue weighted by Gasteiger charge is 2.40. The Morgan fingerprint density at radius 2 is 2.27 bits per heavy atom. The molecule has 0 heterocycles. The summed E-state index contributed by atoms with van der Waals surface area (Å²) in [4.78, 5) is 11.2. The van der Waals surface area contributed by atoms with Gasteiger partial charge >= 0.3 is 5.97 Å². The fourth-order valence-corrected chi connectivity index (χ4v) is 2.37. The van der Waals surface area contributed by atoms with Gasteiger partial charge < -0.3 is 5.11 Å². The first-order chi connectivity index (χ1) is 7.05. The molecule has 1 N–H and O–H groups in total. The van der Waals surface area contributed by atoms with Gasteiger partial charge in [0, 0.05) is 5.56 Å². The number of hydrogen-bond donors (Lipinski definition) is 1. The Balaban J connectivity index is 2.64. The van der Waals surface area contributed by atoms with Gasteiger partial charge in [0.15, 0.2) is 0 Å². The number of carboxylic acids is 1. The molecular formula is C12H13FO2. The van der Waals surface area contributed by atoms with E-state index in [0.717, 1.165) is 18.4 Å². The third kappa shape index (κ3) is 1.42. The second-order valence-electron chi connectivity index (χ2n) is 4.26. The third-order valence-electron chi connectivity index (χ3n) is 3.25. The summed E-state index contributed by atoms with van der Waals surface area (Å²) in [6, 6.07) is 4.80. The number of halogens is 1. The smallest absolute Gasteiger partial charge is 0.313 e. The Kier molecular flexibility index (Phi) is 2.25. The van der Waals surface area contributed by atoms with E-state index >= 15 is 0 Å². The van der Waals surface area contributed by atoms with Crippen LogP contribution >= 0.6 is 0 Å². The van der Waals surface area contributed by atoms with Gasteiger partial charge in [-0.2, -0.15) is 0 Å². The zero-order valence-corrected chi connectivity index (χ0v) is 8.59. The van der Waals surface area contributed by atoms with Crippen molar-refractivity contribution in [2.24, 2.45) is 0 Å². The summed E-state index contributed by atoms with van der Waals surface area (Å²) in [7, 11) is 0. The number of carbonyl (C=O) groups is 1. The second-order valence-corrected chi connectivity index (χ2v) is 4.26. The number of aryl methyl sites for hydroxylation is 1. The molecule has 0 amide bonds. The molecule has 0 saturated heterocycles. The first kappa shape index (κ1) is 10.1. The van der Waals surface area contributed by atoms with E-state index in [9.17, 15) is 14.3 Å². The topological polar surface area (TPSA) is 37.3 Å². The molecule has 1 atom stereocenters. The van der Waals surface area contributed by atoms with Gasteiger partial charge in [-0.1, -0.05) is 12.1 Å². The lowest BCUT2D eigenvalue weighted by Crippen LogP contribution is -2.37. The van der Waals surface area contributed by atoms with Crippen molar-refractivity contribution in [2.45, 2.75) is 31.6 Å². The van der Waals surface area contributed by atoms with Gasteiger partial charge in [0.2, 0.25) is 0 Å². The minimum Gasteiger partial charge on any atom is -0.481 e. The summed E-state index contributed by atoms with van der Waals surface area (Å²) < 4.78 is 13.7. The molecule has 1 aliphatic rings. The van der Waals surface area contributed by atoms with Crippen molar-refractivity contribution < 1.29 is 14.3 Å². The minimum absolute atomic E-state index is 0.378. The molecule has 2 nitrogen and oxygen atoms in total. The van der Waals surface area contributed by atoms with Crippen molar-refractivity contribution in [2.75, 3.05) is 0 Å². The predicted molar refractivity (Wildman–Crippen MR) is 54.3 cm³/mol. The number of aliphatic carboxylic acids is 1. The molecule has 0 bridgehead atoms. The van der Waals surface area contributed by atoms with Gasteiger partial charge in [0.25, 0.3) is 0 Å². The van der Waals surface area contributed by atoms with Crippen molar-refractivity contribution in [3.8, 4) is 0 Å². The van der Waals surface area contributed by atoms with Gasteiger partial charge in [-0.05, 0) is 37.8 Å². The highest BCUT2D eigenvalue weighted by Crippen LogP contribution is 2.38. The van der Waals surface area contributed by atoms with Crippen LogP contribution in [0.5, 0.6) is 0 Å². The van der Waals surface area contributed by atoms with Crippen molar-refractivity contribution in [3.05, 3.63) is 35.1 Å². The fourth-order valence-electron chi connectivity index (χ4n) is 2.37. The molecule has 0 aromatic heterocycles. The van der Waals surface area contributed by atoms with E-state index in [1.807, 2.05) is 6.07 Å². The standard InChI is InChI=1S/C12H13FO2/c1-12(11(14)15)7-3-5-8-4-2-6-9(13)10(8)12/h2,4,6H,3,5,7H2,1H3,(H,14,15). The third-order valence-corrected chi connectivity index (χ3v) is 3.25. The van der Waals surface area contributed by atoms with Gasteiger partial charge in [-0.15, -0.1) is 0 Å². The molecule has 0 radical (unpaired) electrons. The highest BCUT2D eigenvalue weighted by molar-refractivity contribution is 5.81. The van der Waals surface area contributed by atoms with Gasteiger partial charge in [0.05, 0.1) is 5.41 Å². The van der Waals surface area contributed by atoms with Crippen LogP contribution in [-0.2, 0) is 16.6 Å². The Morgan fingerprint density at radius 3 is 2.93 bits per heavy atom. The minimum atomic E-state index is -1.06. The highest BCUT2D eigenvalue weighted by atomic mass is 19.1. The average molecular weight is 208 g/mol. The maximum absolute atomic E-state index is 13.7. The van der Waals surface area contributed by atoms with E-state index in [1.54, 1.807) is 13.0 Å². The number of benzene rings is 1. The van der Waals surface area contributed by atoms with Crippen LogP contribution in [0.2, 0.25) is 0 Å². The number of carboxylic acid groups (broad SMARTS) is 1. The molecule has 2 rings (SSSR count). The molecule has 1 aliphatic carbocycles. The molecule has 1 aromatic rings. The van der Waals surface area contributed by atoms with Crippen molar-refractivity contribution >= 4 is 5.97 Å². The summed E-state index contributed by atoms with van der Waals surface area (Å²) in [5.41, 5.74) is 0.161. The Hall–Kier alpha value is -1.38. The zero-order chi connectivity index (χ0) is 11.1. The normalized spacial score (nSPS) is 24.7. The predicted octanol–water partition coefficient (Wildman–Crippen LogP) is 2.50. The van der Waals surface area contributed by atoms with Crippen LogP contribution in [0.15, 0.2) is 18.2 Å². The monoisotopic (exact) mass is 208 g/mol. The van der Waals surface area contributed by atoms with Crippen molar-refractivity contribution in [1.29, 1.82) is 0 Å². The van der Waals surface area contributed by atoms with Gasteiger partial charge in [-0.3, -0.25) is 4.79 Å². The van der Waals surface area contributed by atoms with E-state index in [0.29, 0.717) is 12.0 Å². The largest absolute Gasteiger partial charge is 0.481 e. The summed E-state index contributed by atoms with van der Waals surface area (Å²) in [5.74, 6) is -1.33. The van der Waals surface area contributed by atoms with Crippen LogP contribution in [0, 0.1) is 5.82 Å². The summed E-state index contributed by atoms with van der Waals surface area (Å²) >= 11 is 0. The van der Waals surface area contributed by atoms with E-state index in [1.165, 1.54) is 6.07 Å². The first-order valence-corrected chi connectivity index (χ1v) is 5.07. The van der Waals surface area contributed by atoms with E-state index < -0.39 is 17.2 Å². The maximum atomic E-state index is 13.7. The molecule has 15 heavy (non-hydrogen) atoms. The van der Waals surface area contributed by atoms with Crippen molar-refractivity contribution in [3.63, 3.8) is 0 Å².